The molecule has 1 atom stereocenters. The molecular weight excluding hydrogens is 277 g/mol. The molecule has 20 heavy (non-hydrogen) atoms. The summed E-state index contributed by atoms with van der Waals surface area (Å²) in [6.07, 6.45) is -0.0425. The Kier molecular flexibility index (Phi) is 4.04. The van der Waals surface area contributed by atoms with Gasteiger partial charge in [-0.15, -0.1) is 0 Å². The smallest absolute Gasteiger partial charge is 0.194 e. The third kappa shape index (κ3) is 3.14. The van der Waals surface area contributed by atoms with Gasteiger partial charge in [0.15, 0.2) is 17.5 Å². The zero-order valence-electron chi connectivity index (χ0n) is 10.1. The Balaban J connectivity index is 2.25. The van der Waals surface area contributed by atoms with Crippen LogP contribution in [0.3, 0.4) is 0 Å². The van der Waals surface area contributed by atoms with Crippen LogP contribution in [0.25, 0.3) is 0 Å². The second kappa shape index (κ2) is 5.58. The lowest BCUT2D eigenvalue weighted by Crippen LogP contribution is -2.15. The monoisotopic (exact) mass is 287 g/mol. The van der Waals surface area contributed by atoms with E-state index in [-0.39, 0.29) is 17.5 Å². The number of rotatable bonds is 3. The Morgan fingerprint density at radius 2 is 1.30 bits per heavy atom. The topological polar surface area (TPSA) is 26.0 Å². The summed E-state index contributed by atoms with van der Waals surface area (Å²) in [6.45, 7) is 0. The minimum Gasteiger partial charge on any atom is -0.324 e. The van der Waals surface area contributed by atoms with Crippen molar-refractivity contribution in [2.45, 2.75) is 12.5 Å². The molecule has 0 amide bonds. The van der Waals surface area contributed by atoms with E-state index in [2.05, 4.69) is 0 Å². The number of nitrogens with two attached hydrogens (primary N) is 1. The third-order valence-electron chi connectivity index (χ3n) is 2.81. The van der Waals surface area contributed by atoms with Crippen LogP contribution in [-0.2, 0) is 6.42 Å². The molecule has 0 spiro atoms. The number of halogens is 5. The van der Waals surface area contributed by atoms with Gasteiger partial charge in [0.2, 0.25) is 0 Å². The molecule has 0 saturated heterocycles. The first-order chi connectivity index (χ1) is 9.36. The minimum absolute atomic E-state index is 0.00562. The van der Waals surface area contributed by atoms with E-state index in [9.17, 15) is 22.0 Å². The van der Waals surface area contributed by atoms with Crippen LogP contribution in [0, 0.1) is 29.1 Å². The van der Waals surface area contributed by atoms with Crippen molar-refractivity contribution in [3.63, 3.8) is 0 Å². The molecule has 0 bridgehead atoms. The molecule has 6 heteroatoms. The van der Waals surface area contributed by atoms with Gasteiger partial charge in [-0.1, -0.05) is 0 Å². The van der Waals surface area contributed by atoms with Gasteiger partial charge in [-0.05, 0) is 41.8 Å². The maximum atomic E-state index is 13.1. The molecule has 0 saturated carbocycles. The summed E-state index contributed by atoms with van der Waals surface area (Å²) in [6, 6.07) is 3.45. The molecule has 2 rings (SSSR count). The van der Waals surface area contributed by atoms with Crippen LogP contribution < -0.4 is 5.73 Å². The molecule has 0 aliphatic rings. The van der Waals surface area contributed by atoms with Crippen LogP contribution in [0.15, 0.2) is 30.3 Å². The molecule has 2 aromatic carbocycles. The normalized spacial score (nSPS) is 12.5. The van der Waals surface area contributed by atoms with E-state index in [1.54, 1.807) is 0 Å². The summed E-state index contributed by atoms with van der Waals surface area (Å²) in [7, 11) is 0. The van der Waals surface area contributed by atoms with Crippen molar-refractivity contribution in [1.82, 2.24) is 0 Å². The van der Waals surface area contributed by atoms with Crippen LogP contribution >= 0.6 is 0 Å². The molecule has 106 valence electrons. The van der Waals surface area contributed by atoms with Crippen molar-refractivity contribution in [3.05, 3.63) is 70.5 Å². The van der Waals surface area contributed by atoms with Gasteiger partial charge in [-0.3, -0.25) is 0 Å². The molecule has 2 N–H and O–H groups in total. The molecule has 1 nitrogen and oxygen atoms in total. The standard InChI is InChI=1S/C14H10F5N/c15-9-1-7(2-10(16)6-9)3-13(20)8-4-11(17)14(19)12(18)5-8/h1-2,4-6,13H,3,20H2. The average Bonchev–Trinajstić information content (AvgIpc) is 2.33. The van der Waals surface area contributed by atoms with Gasteiger partial charge in [0.1, 0.15) is 11.6 Å². The predicted octanol–water partition coefficient (Wildman–Crippen LogP) is 3.62. The summed E-state index contributed by atoms with van der Waals surface area (Å²) < 4.78 is 65.0. The number of hydrogen-bond acceptors (Lipinski definition) is 1. The van der Waals surface area contributed by atoms with Crippen LogP contribution in [0.2, 0.25) is 0 Å². The first kappa shape index (κ1) is 14.5. The second-order valence-corrected chi connectivity index (χ2v) is 4.39. The lowest BCUT2D eigenvalue weighted by molar-refractivity contribution is 0.443. The zero-order chi connectivity index (χ0) is 14.9. The molecule has 2 aromatic rings. The molecule has 0 aliphatic heterocycles. The van der Waals surface area contributed by atoms with Crippen molar-refractivity contribution in [3.8, 4) is 0 Å². The first-order valence-electron chi connectivity index (χ1n) is 5.72. The van der Waals surface area contributed by atoms with E-state index >= 15 is 0 Å². The number of benzene rings is 2. The highest BCUT2D eigenvalue weighted by molar-refractivity contribution is 5.26. The fourth-order valence-electron chi connectivity index (χ4n) is 1.89. The van der Waals surface area contributed by atoms with Gasteiger partial charge in [-0.25, -0.2) is 22.0 Å². The molecule has 0 aliphatic carbocycles. The fraction of sp³-hybridized carbons (Fsp3) is 0.143. The Bertz CT molecular complexity index is 598. The Labute approximate surface area is 111 Å². The zero-order valence-corrected chi connectivity index (χ0v) is 10.1. The molecule has 0 radical (unpaired) electrons. The van der Waals surface area contributed by atoms with Crippen molar-refractivity contribution >= 4 is 0 Å². The van der Waals surface area contributed by atoms with Gasteiger partial charge < -0.3 is 5.73 Å². The van der Waals surface area contributed by atoms with E-state index in [4.69, 9.17) is 5.73 Å². The van der Waals surface area contributed by atoms with E-state index in [0.29, 0.717) is 6.07 Å². The van der Waals surface area contributed by atoms with E-state index in [1.165, 1.54) is 0 Å². The quantitative estimate of drug-likeness (QED) is 0.677. The van der Waals surface area contributed by atoms with E-state index < -0.39 is 35.1 Å². The molecule has 0 aromatic heterocycles. The Hall–Kier alpha value is -1.95. The predicted molar refractivity (Wildman–Crippen MR) is 63.3 cm³/mol. The largest absolute Gasteiger partial charge is 0.324 e. The highest BCUT2D eigenvalue weighted by Gasteiger charge is 2.15. The van der Waals surface area contributed by atoms with E-state index in [0.717, 1.165) is 24.3 Å². The fourth-order valence-corrected chi connectivity index (χ4v) is 1.89. The number of hydrogen-bond donors (Lipinski definition) is 1. The van der Waals surface area contributed by atoms with Gasteiger partial charge in [0, 0.05) is 12.1 Å². The third-order valence-corrected chi connectivity index (χ3v) is 2.81. The lowest BCUT2D eigenvalue weighted by atomic mass is 9.99. The van der Waals surface area contributed by atoms with Crippen LogP contribution in [0.5, 0.6) is 0 Å². The van der Waals surface area contributed by atoms with Crippen molar-refractivity contribution < 1.29 is 22.0 Å². The summed E-state index contributed by atoms with van der Waals surface area (Å²) in [5.41, 5.74) is 5.96. The SMILES string of the molecule is NC(Cc1cc(F)cc(F)c1)c1cc(F)c(F)c(F)c1. The summed E-state index contributed by atoms with van der Waals surface area (Å²) >= 11 is 0. The van der Waals surface area contributed by atoms with Crippen LogP contribution in [0.4, 0.5) is 22.0 Å². The van der Waals surface area contributed by atoms with Gasteiger partial charge >= 0.3 is 0 Å². The van der Waals surface area contributed by atoms with Gasteiger partial charge in [0.05, 0.1) is 0 Å². The molecule has 1 unspecified atom stereocenters. The molecule has 0 fully saturated rings. The average molecular weight is 287 g/mol. The van der Waals surface area contributed by atoms with Crippen LogP contribution in [-0.4, -0.2) is 0 Å². The summed E-state index contributed by atoms with van der Waals surface area (Å²) in [5.74, 6) is -5.85. The van der Waals surface area contributed by atoms with Crippen LogP contribution in [0.1, 0.15) is 17.2 Å². The minimum atomic E-state index is -1.59. The van der Waals surface area contributed by atoms with Gasteiger partial charge in [-0.2, -0.15) is 0 Å². The molecular formula is C14H10F5N. The summed E-state index contributed by atoms with van der Waals surface area (Å²) in [4.78, 5) is 0. The second-order valence-electron chi connectivity index (χ2n) is 4.39. The lowest BCUT2D eigenvalue weighted by Gasteiger charge is -2.13. The maximum absolute atomic E-state index is 13.1. The van der Waals surface area contributed by atoms with Crippen molar-refractivity contribution in [2.24, 2.45) is 5.73 Å². The maximum Gasteiger partial charge on any atom is 0.194 e. The van der Waals surface area contributed by atoms with E-state index in [1.807, 2.05) is 0 Å². The highest BCUT2D eigenvalue weighted by atomic mass is 19.2. The molecule has 0 heterocycles. The Morgan fingerprint density at radius 3 is 1.80 bits per heavy atom. The van der Waals surface area contributed by atoms with Crippen molar-refractivity contribution in [2.75, 3.05) is 0 Å². The first-order valence-corrected chi connectivity index (χ1v) is 5.72. The van der Waals surface area contributed by atoms with Gasteiger partial charge in [0.25, 0.3) is 0 Å². The summed E-state index contributed by atoms with van der Waals surface area (Å²) in [5, 5.41) is 0. The van der Waals surface area contributed by atoms with Crippen molar-refractivity contribution in [1.29, 1.82) is 0 Å². The highest BCUT2D eigenvalue weighted by Crippen LogP contribution is 2.21. The Morgan fingerprint density at radius 1 is 0.800 bits per heavy atom.